The number of rotatable bonds is 3. The molecule has 4 rings (SSSR count). The summed E-state index contributed by atoms with van der Waals surface area (Å²) in [7, 11) is 0. The maximum absolute atomic E-state index is 14.2. The smallest absolute Gasteiger partial charge is 0.272 e. The van der Waals surface area contributed by atoms with Crippen LogP contribution in [0.4, 0.5) is 20.2 Å². The van der Waals surface area contributed by atoms with Crippen molar-refractivity contribution in [2.24, 2.45) is 0 Å². The van der Waals surface area contributed by atoms with Crippen LogP contribution in [-0.4, -0.2) is 47.9 Å². The molecule has 2 amide bonds. The number of H-pyrrole nitrogens is 1. The molecule has 156 valence electrons. The van der Waals surface area contributed by atoms with Gasteiger partial charge in [0.05, 0.1) is 5.52 Å². The van der Waals surface area contributed by atoms with Crippen LogP contribution in [0.15, 0.2) is 36.4 Å². The van der Waals surface area contributed by atoms with Gasteiger partial charge in [-0.3, -0.25) is 9.59 Å². The van der Waals surface area contributed by atoms with E-state index in [1.54, 1.807) is 17.0 Å². The number of anilines is 2. The van der Waals surface area contributed by atoms with E-state index in [0.29, 0.717) is 48.5 Å². The fourth-order valence-corrected chi connectivity index (χ4v) is 3.75. The fourth-order valence-electron chi connectivity index (χ4n) is 3.75. The monoisotopic (exact) mass is 412 g/mol. The number of aromatic nitrogens is 1. The highest BCUT2D eigenvalue weighted by atomic mass is 19.1. The van der Waals surface area contributed by atoms with Crippen LogP contribution in [0.2, 0.25) is 0 Å². The van der Waals surface area contributed by atoms with Crippen LogP contribution in [0.25, 0.3) is 10.9 Å². The molecule has 2 heterocycles. The molecule has 0 atom stereocenters. The minimum Gasteiger partial charge on any atom is -0.368 e. The molecule has 0 spiro atoms. The van der Waals surface area contributed by atoms with Crippen molar-refractivity contribution < 1.29 is 18.4 Å². The largest absolute Gasteiger partial charge is 0.368 e. The van der Waals surface area contributed by atoms with Crippen molar-refractivity contribution in [1.82, 2.24) is 9.88 Å². The van der Waals surface area contributed by atoms with E-state index in [9.17, 15) is 18.4 Å². The maximum Gasteiger partial charge on any atom is 0.272 e. The summed E-state index contributed by atoms with van der Waals surface area (Å²) in [4.78, 5) is 30.8. The van der Waals surface area contributed by atoms with Crippen molar-refractivity contribution in [3.8, 4) is 0 Å². The third kappa shape index (κ3) is 3.85. The zero-order chi connectivity index (χ0) is 21.4. The SMILES string of the molecule is CC(=O)N1CCN(c2cc(F)cc(NC(=O)c3cc4c(F)ccc(C)c4[nH]3)c2)CC1. The van der Waals surface area contributed by atoms with Crippen molar-refractivity contribution in [1.29, 1.82) is 0 Å². The minimum atomic E-state index is -0.483. The summed E-state index contributed by atoms with van der Waals surface area (Å²) in [5.74, 6) is -1.35. The second kappa shape index (κ2) is 7.78. The standard InChI is InChI=1S/C22H22F2N4O2/c1-13-3-4-19(24)18-12-20(26-21(13)18)22(30)25-16-9-15(23)10-17(11-16)28-7-5-27(6-8-28)14(2)29/h3-4,9-12,26H,5-8H2,1-2H3,(H,25,30). The number of aromatic amines is 1. The van der Waals surface area contributed by atoms with Crippen molar-refractivity contribution in [2.75, 3.05) is 36.4 Å². The molecule has 1 saturated heterocycles. The van der Waals surface area contributed by atoms with Gasteiger partial charge in [0, 0.05) is 49.9 Å². The molecule has 8 heteroatoms. The van der Waals surface area contributed by atoms with Gasteiger partial charge in [-0.15, -0.1) is 0 Å². The van der Waals surface area contributed by atoms with E-state index in [4.69, 9.17) is 0 Å². The van der Waals surface area contributed by atoms with Crippen LogP contribution in [0.3, 0.4) is 0 Å². The molecule has 0 aliphatic carbocycles. The number of benzene rings is 2. The lowest BCUT2D eigenvalue weighted by molar-refractivity contribution is -0.129. The summed E-state index contributed by atoms with van der Waals surface area (Å²) in [6.45, 7) is 5.64. The second-order valence-corrected chi connectivity index (χ2v) is 7.48. The summed E-state index contributed by atoms with van der Waals surface area (Å²) >= 11 is 0. The van der Waals surface area contributed by atoms with Crippen molar-refractivity contribution in [3.05, 3.63) is 59.3 Å². The molecule has 0 saturated carbocycles. The number of hydrogen-bond acceptors (Lipinski definition) is 3. The first-order valence-corrected chi connectivity index (χ1v) is 9.72. The summed E-state index contributed by atoms with van der Waals surface area (Å²) in [5.41, 5.74) is 2.51. The maximum atomic E-state index is 14.2. The van der Waals surface area contributed by atoms with E-state index in [-0.39, 0.29) is 11.6 Å². The van der Waals surface area contributed by atoms with Gasteiger partial charge in [-0.05, 0) is 42.8 Å². The third-order valence-corrected chi connectivity index (χ3v) is 5.42. The number of halogens is 2. The van der Waals surface area contributed by atoms with Crippen molar-refractivity contribution >= 4 is 34.1 Å². The molecule has 1 fully saturated rings. The van der Waals surface area contributed by atoms with Crippen molar-refractivity contribution in [2.45, 2.75) is 13.8 Å². The van der Waals surface area contributed by atoms with E-state index in [1.165, 1.54) is 31.2 Å². The fraction of sp³-hybridized carbons (Fsp3) is 0.273. The number of carbonyl (C=O) groups is 2. The predicted octanol–water partition coefficient (Wildman–Crippen LogP) is 3.68. The number of aryl methyl sites for hydroxylation is 1. The Hall–Kier alpha value is -3.42. The molecule has 2 N–H and O–H groups in total. The molecule has 1 aliphatic rings. The summed E-state index contributed by atoms with van der Waals surface area (Å²) in [6.07, 6.45) is 0. The molecule has 0 radical (unpaired) electrons. The highest BCUT2D eigenvalue weighted by molar-refractivity contribution is 6.06. The highest BCUT2D eigenvalue weighted by Crippen LogP contribution is 2.25. The van der Waals surface area contributed by atoms with E-state index in [1.807, 2.05) is 11.8 Å². The number of hydrogen-bond donors (Lipinski definition) is 2. The van der Waals surface area contributed by atoms with Gasteiger partial charge in [-0.25, -0.2) is 8.78 Å². The quantitative estimate of drug-likeness (QED) is 0.690. The number of nitrogens with zero attached hydrogens (tertiary/aromatic N) is 2. The zero-order valence-electron chi connectivity index (χ0n) is 16.8. The molecule has 2 aromatic carbocycles. The molecular weight excluding hydrogens is 390 g/mol. The normalized spacial score (nSPS) is 14.3. The molecule has 6 nitrogen and oxygen atoms in total. The minimum absolute atomic E-state index is 0.0202. The van der Waals surface area contributed by atoms with Crippen LogP contribution in [0.1, 0.15) is 23.0 Å². The Bertz CT molecular complexity index is 1090. The van der Waals surface area contributed by atoms with E-state index < -0.39 is 17.5 Å². The first-order valence-electron chi connectivity index (χ1n) is 9.72. The number of carbonyl (C=O) groups excluding carboxylic acids is 2. The number of nitrogens with one attached hydrogen (secondary N) is 2. The molecule has 1 aliphatic heterocycles. The van der Waals surface area contributed by atoms with Gasteiger partial charge in [0.15, 0.2) is 0 Å². The molecular formula is C22H22F2N4O2. The number of fused-ring (bicyclic) bond motifs is 1. The lowest BCUT2D eigenvalue weighted by Gasteiger charge is -2.35. The number of piperazine rings is 1. The predicted molar refractivity (Wildman–Crippen MR) is 112 cm³/mol. The zero-order valence-corrected chi connectivity index (χ0v) is 16.8. The Kier molecular flexibility index (Phi) is 5.15. The Labute approximate surface area is 172 Å². The summed E-state index contributed by atoms with van der Waals surface area (Å²) in [6, 6.07) is 8.79. The topological polar surface area (TPSA) is 68.4 Å². The van der Waals surface area contributed by atoms with Crippen LogP contribution in [0, 0.1) is 18.6 Å². The van der Waals surface area contributed by atoms with Gasteiger partial charge in [-0.1, -0.05) is 6.07 Å². The van der Waals surface area contributed by atoms with Gasteiger partial charge in [0.2, 0.25) is 5.91 Å². The third-order valence-electron chi connectivity index (χ3n) is 5.42. The second-order valence-electron chi connectivity index (χ2n) is 7.48. The average molecular weight is 412 g/mol. The highest BCUT2D eigenvalue weighted by Gasteiger charge is 2.20. The first kappa shape index (κ1) is 19.9. The number of amides is 2. The summed E-state index contributed by atoms with van der Waals surface area (Å²) < 4.78 is 28.2. The van der Waals surface area contributed by atoms with E-state index in [0.717, 1.165) is 5.56 Å². The molecule has 1 aromatic heterocycles. The van der Waals surface area contributed by atoms with E-state index in [2.05, 4.69) is 10.3 Å². The van der Waals surface area contributed by atoms with Gasteiger partial charge in [0.1, 0.15) is 17.3 Å². The lowest BCUT2D eigenvalue weighted by Crippen LogP contribution is -2.48. The Morgan fingerprint density at radius 1 is 1.03 bits per heavy atom. The van der Waals surface area contributed by atoms with E-state index >= 15 is 0 Å². The van der Waals surface area contributed by atoms with Crippen LogP contribution in [-0.2, 0) is 4.79 Å². The molecule has 3 aromatic rings. The Morgan fingerprint density at radius 2 is 1.77 bits per heavy atom. The van der Waals surface area contributed by atoms with Crippen LogP contribution >= 0.6 is 0 Å². The van der Waals surface area contributed by atoms with Crippen LogP contribution in [0.5, 0.6) is 0 Å². The van der Waals surface area contributed by atoms with Gasteiger partial charge < -0.3 is 20.1 Å². The van der Waals surface area contributed by atoms with Crippen molar-refractivity contribution in [3.63, 3.8) is 0 Å². The van der Waals surface area contributed by atoms with Gasteiger partial charge in [-0.2, -0.15) is 0 Å². The van der Waals surface area contributed by atoms with Gasteiger partial charge in [0.25, 0.3) is 5.91 Å². The first-order chi connectivity index (χ1) is 14.3. The van der Waals surface area contributed by atoms with Crippen LogP contribution < -0.4 is 10.2 Å². The van der Waals surface area contributed by atoms with Gasteiger partial charge >= 0.3 is 0 Å². The molecule has 30 heavy (non-hydrogen) atoms. The lowest BCUT2D eigenvalue weighted by atomic mass is 10.1. The summed E-state index contributed by atoms with van der Waals surface area (Å²) in [5, 5.41) is 3.02. The Balaban J connectivity index is 1.54. The average Bonchev–Trinajstić information content (AvgIpc) is 3.17. The Morgan fingerprint density at radius 3 is 2.43 bits per heavy atom. The molecule has 0 bridgehead atoms. The molecule has 0 unspecified atom stereocenters.